The molecule has 0 saturated heterocycles. The molecule has 0 spiro atoms. The third-order valence-corrected chi connectivity index (χ3v) is 3.64. The Hall–Kier alpha value is -2.77. The van der Waals surface area contributed by atoms with Crippen molar-refractivity contribution in [2.24, 2.45) is 0 Å². The molecule has 0 aromatic heterocycles. The summed E-state index contributed by atoms with van der Waals surface area (Å²) < 4.78 is 15.8. The maximum atomic E-state index is 12.3. The van der Waals surface area contributed by atoms with E-state index in [1.54, 1.807) is 18.2 Å². The van der Waals surface area contributed by atoms with E-state index in [0.717, 1.165) is 0 Å². The van der Waals surface area contributed by atoms with Crippen molar-refractivity contribution in [3.8, 4) is 17.2 Å². The number of ketones is 1. The molecule has 0 bridgehead atoms. The van der Waals surface area contributed by atoms with Crippen LogP contribution in [0.3, 0.4) is 0 Å². The topological polar surface area (TPSA) is 85.2 Å². The minimum Gasteiger partial charge on any atom is -0.496 e. The summed E-state index contributed by atoms with van der Waals surface area (Å²) in [6.07, 6.45) is 3.03. The highest BCUT2D eigenvalue weighted by molar-refractivity contribution is 6.58. The lowest BCUT2D eigenvalue weighted by atomic mass is 9.80. The van der Waals surface area contributed by atoms with Gasteiger partial charge in [-0.3, -0.25) is 4.79 Å². The van der Waals surface area contributed by atoms with Crippen LogP contribution in [-0.2, 0) is 0 Å². The maximum Gasteiger partial charge on any atom is 0.488 e. The van der Waals surface area contributed by atoms with E-state index < -0.39 is 7.12 Å². The van der Waals surface area contributed by atoms with Crippen LogP contribution < -0.4 is 19.7 Å². The Bertz CT molecular complexity index is 768. The van der Waals surface area contributed by atoms with Gasteiger partial charge in [0, 0.05) is 17.2 Å². The summed E-state index contributed by atoms with van der Waals surface area (Å²) >= 11 is 0. The number of hydrogen-bond acceptors (Lipinski definition) is 6. The summed E-state index contributed by atoms with van der Waals surface area (Å²) in [5.74, 6) is 1.37. The number of hydrogen-bond donors (Lipinski definition) is 2. The molecule has 2 N–H and O–H groups in total. The van der Waals surface area contributed by atoms with E-state index in [4.69, 9.17) is 24.3 Å². The summed E-state index contributed by atoms with van der Waals surface area (Å²) in [6, 6.07) is 9.44. The van der Waals surface area contributed by atoms with Crippen molar-refractivity contribution in [2.45, 2.75) is 0 Å². The van der Waals surface area contributed by atoms with E-state index in [1.807, 2.05) is 0 Å². The smallest absolute Gasteiger partial charge is 0.488 e. The van der Waals surface area contributed by atoms with Crippen LogP contribution in [-0.4, -0.2) is 44.3 Å². The molecule has 0 aliphatic rings. The van der Waals surface area contributed by atoms with Crippen LogP contribution in [0.15, 0.2) is 42.5 Å². The largest absolute Gasteiger partial charge is 0.496 e. The molecule has 7 heteroatoms. The zero-order chi connectivity index (χ0) is 18.4. The van der Waals surface area contributed by atoms with Crippen LogP contribution >= 0.6 is 0 Å². The Morgan fingerprint density at radius 1 is 0.920 bits per heavy atom. The Kier molecular flexibility index (Phi) is 6.22. The number of benzene rings is 2. The van der Waals surface area contributed by atoms with Gasteiger partial charge < -0.3 is 24.3 Å². The molecule has 2 aromatic rings. The van der Waals surface area contributed by atoms with Gasteiger partial charge in [0.05, 0.1) is 21.3 Å². The molecule has 0 atom stereocenters. The minimum absolute atomic E-state index is 0.226. The lowest BCUT2D eigenvalue weighted by molar-refractivity contribution is 0.104. The van der Waals surface area contributed by atoms with Crippen molar-refractivity contribution in [3.05, 3.63) is 53.6 Å². The predicted octanol–water partition coefficient (Wildman–Crippen LogP) is 1.29. The lowest BCUT2D eigenvalue weighted by Crippen LogP contribution is -2.29. The fourth-order valence-corrected chi connectivity index (χ4v) is 2.26. The third-order valence-electron chi connectivity index (χ3n) is 3.64. The second-order valence-corrected chi connectivity index (χ2v) is 5.14. The van der Waals surface area contributed by atoms with Gasteiger partial charge in [0.15, 0.2) is 17.3 Å². The molecule has 2 rings (SSSR count). The molecular weight excluding hydrogens is 323 g/mol. The molecule has 2 aromatic carbocycles. The minimum atomic E-state index is -1.56. The molecule has 25 heavy (non-hydrogen) atoms. The van der Waals surface area contributed by atoms with Gasteiger partial charge >= 0.3 is 7.12 Å². The molecule has 0 fully saturated rings. The van der Waals surface area contributed by atoms with Crippen molar-refractivity contribution in [3.63, 3.8) is 0 Å². The Morgan fingerprint density at radius 2 is 1.48 bits per heavy atom. The SMILES string of the molecule is COc1cc(OC)c(OC)cc1/C=C/C(=O)c1ccc(B(O)O)cc1. The monoisotopic (exact) mass is 342 g/mol. The second kappa shape index (κ2) is 8.37. The third kappa shape index (κ3) is 4.40. The second-order valence-electron chi connectivity index (χ2n) is 5.14. The molecule has 6 nitrogen and oxygen atoms in total. The van der Waals surface area contributed by atoms with Gasteiger partial charge in [-0.15, -0.1) is 0 Å². The quantitative estimate of drug-likeness (QED) is 0.448. The first-order valence-corrected chi connectivity index (χ1v) is 7.48. The molecule has 0 unspecified atom stereocenters. The number of methoxy groups -OCH3 is 3. The van der Waals surface area contributed by atoms with E-state index in [0.29, 0.717) is 33.8 Å². The molecule has 0 aliphatic carbocycles. The predicted molar refractivity (Wildman–Crippen MR) is 95.7 cm³/mol. The molecule has 0 aliphatic heterocycles. The van der Waals surface area contributed by atoms with Crippen LogP contribution in [0.1, 0.15) is 15.9 Å². The molecule has 0 amide bonds. The van der Waals surface area contributed by atoms with E-state index >= 15 is 0 Å². The molecule has 0 heterocycles. The number of allylic oxidation sites excluding steroid dienone is 1. The molecule has 130 valence electrons. The van der Waals surface area contributed by atoms with Gasteiger partial charge in [0.25, 0.3) is 0 Å². The van der Waals surface area contributed by atoms with Crippen LogP contribution in [0.25, 0.3) is 6.08 Å². The van der Waals surface area contributed by atoms with E-state index in [1.165, 1.54) is 51.7 Å². The number of ether oxygens (including phenoxy) is 3. The van der Waals surface area contributed by atoms with E-state index in [-0.39, 0.29) is 5.78 Å². The molecule has 0 radical (unpaired) electrons. The number of carbonyl (C=O) groups is 1. The van der Waals surface area contributed by atoms with Crippen molar-refractivity contribution in [1.29, 1.82) is 0 Å². The Labute approximate surface area is 146 Å². The fourth-order valence-electron chi connectivity index (χ4n) is 2.26. The van der Waals surface area contributed by atoms with Crippen molar-refractivity contribution < 1.29 is 29.1 Å². The normalized spacial score (nSPS) is 10.6. The number of carbonyl (C=O) groups excluding carboxylic acids is 1. The highest BCUT2D eigenvalue weighted by atomic mass is 16.5. The van der Waals surface area contributed by atoms with Crippen molar-refractivity contribution in [1.82, 2.24) is 0 Å². The molecular formula is C18H19BO6. The van der Waals surface area contributed by atoms with Gasteiger partial charge in [-0.05, 0) is 23.7 Å². The van der Waals surface area contributed by atoms with Crippen molar-refractivity contribution >= 4 is 24.4 Å². The summed E-state index contributed by atoms with van der Waals surface area (Å²) in [6.45, 7) is 0. The van der Waals surface area contributed by atoms with Gasteiger partial charge in [0.2, 0.25) is 0 Å². The summed E-state index contributed by atoms with van der Waals surface area (Å²) in [5.41, 5.74) is 1.41. The zero-order valence-corrected chi connectivity index (χ0v) is 14.2. The first kappa shape index (κ1) is 18.6. The fraction of sp³-hybridized carbons (Fsp3) is 0.167. The highest BCUT2D eigenvalue weighted by Crippen LogP contribution is 2.35. The van der Waals surface area contributed by atoms with Crippen LogP contribution in [0, 0.1) is 0 Å². The van der Waals surface area contributed by atoms with Gasteiger partial charge in [-0.2, -0.15) is 0 Å². The summed E-state index contributed by atoms with van der Waals surface area (Å²) in [4.78, 5) is 12.3. The average Bonchev–Trinajstić information content (AvgIpc) is 2.65. The van der Waals surface area contributed by atoms with Gasteiger partial charge in [-0.1, -0.05) is 24.3 Å². The van der Waals surface area contributed by atoms with E-state index in [2.05, 4.69) is 0 Å². The first-order valence-electron chi connectivity index (χ1n) is 7.48. The van der Waals surface area contributed by atoms with Crippen LogP contribution in [0.4, 0.5) is 0 Å². The average molecular weight is 342 g/mol. The van der Waals surface area contributed by atoms with Gasteiger partial charge in [0.1, 0.15) is 5.75 Å². The Morgan fingerprint density at radius 3 is 2.00 bits per heavy atom. The maximum absolute atomic E-state index is 12.3. The first-order chi connectivity index (χ1) is 12.0. The lowest BCUT2D eigenvalue weighted by Gasteiger charge is -2.12. The van der Waals surface area contributed by atoms with Crippen molar-refractivity contribution in [2.75, 3.05) is 21.3 Å². The van der Waals surface area contributed by atoms with E-state index in [9.17, 15) is 4.79 Å². The van der Waals surface area contributed by atoms with Gasteiger partial charge in [-0.25, -0.2) is 0 Å². The highest BCUT2D eigenvalue weighted by Gasteiger charge is 2.12. The standard InChI is InChI=1S/C18H19BO6/c1-23-16-11-18(25-3)17(24-2)10-13(16)6-9-15(20)12-4-7-14(8-5-12)19(21)22/h4-11,21-22H,1-3H3/b9-6+. The zero-order valence-electron chi connectivity index (χ0n) is 14.2. The van der Waals surface area contributed by atoms with Crippen LogP contribution in [0.5, 0.6) is 17.2 Å². The summed E-state index contributed by atoms with van der Waals surface area (Å²) in [5, 5.41) is 18.2. The van der Waals surface area contributed by atoms with Crippen LogP contribution in [0.2, 0.25) is 0 Å². The number of rotatable bonds is 7. The summed E-state index contributed by atoms with van der Waals surface area (Å²) in [7, 11) is 3.03. The molecule has 0 saturated carbocycles. The Balaban J connectivity index is 2.26.